The highest BCUT2D eigenvalue weighted by Gasteiger charge is 2.27. The van der Waals surface area contributed by atoms with Gasteiger partial charge in [-0.15, -0.1) is 0 Å². The van der Waals surface area contributed by atoms with Gasteiger partial charge in [0.15, 0.2) is 11.5 Å². The van der Waals surface area contributed by atoms with E-state index in [0.29, 0.717) is 11.7 Å². The van der Waals surface area contributed by atoms with E-state index in [9.17, 15) is 0 Å². The normalized spacial score (nSPS) is 15.8. The van der Waals surface area contributed by atoms with Crippen molar-refractivity contribution in [3.8, 4) is 0 Å². The van der Waals surface area contributed by atoms with Crippen LogP contribution in [-0.4, -0.2) is 44.2 Å². The predicted octanol–water partition coefficient (Wildman–Crippen LogP) is 1.09. The van der Waals surface area contributed by atoms with E-state index < -0.39 is 0 Å². The zero-order valence-electron chi connectivity index (χ0n) is 10.2. The Bertz CT molecular complexity index is 522. The van der Waals surface area contributed by atoms with Gasteiger partial charge in [0.2, 0.25) is 0 Å². The lowest BCUT2D eigenvalue weighted by Gasteiger charge is -2.38. The Morgan fingerprint density at radius 2 is 2.22 bits per heavy atom. The van der Waals surface area contributed by atoms with Crippen LogP contribution in [0.1, 0.15) is 25.7 Å². The zero-order valence-corrected chi connectivity index (χ0v) is 10.2. The summed E-state index contributed by atoms with van der Waals surface area (Å²) in [6.07, 6.45) is 7.64. The molecule has 0 amide bonds. The van der Waals surface area contributed by atoms with E-state index in [1.54, 1.807) is 12.7 Å². The molecule has 0 aromatic carbocycles. The minimum Gasteiger partial charge on any atom is -0.396 e. The molecule has 2 heterocycles. The molecule has 1 saturated carbocycles. The maximum absolute atomic E-state index is 9.03. The number of aliphatic hydroxyl groups excluding tert-OH is 1. The third kappa shape index (κ3) is 1.92. The molecule has 0 atom stereocenters. The average Bonchev–Trinajstić information content (AvgIpc) is 2.80. The Morgan fingerprint density at radius 1 is 1.33 bits per heavy atom. The number of aliphatic hydroxyl groups is 1. The van der Waals surface area contributed by atoms with Gasteiger partial charge in [-0.25, -0.2) is 15.0 Å². The van der Waals surface area contributed by atoms with Crippen molar-refractivity contribution in [2.24, 2.45) is 0 Å². The van der Waals surface area contributed by atoms with E-state index in [4.69, 9.17) is 5.11 Å². The van der Waals surface area contributed by atoms with E-state index in [0.717, 1.165) is 24.3 Å². The maximum atomic E-state index is 9.03. The van der Waals surface area contributed by atoms with Crippen molar-refractivity contribution in [1.29, 1.82) is 0 Å². The molecule has 0 saturated heterocycles. The van der Waals surface area contributed by atoms with Gasteiger partial charge in [-0.3, -0.25) is 0 Å². The van der Waals surface area contributed by atoms with E-state index in [-0.39, 0.29) is 6.61 Å². The van der Waals surface area contributed by atoms with Gasteiger partial charge in [0.05, 0.1) is 6.33 Å². The monoisotopic (exact) mass is 247 g/mol. The minimum atomic E-state index is 0.209. The molecule has 0 bridgehead atoms. The van der Waals surface area contributed by atoms with Crippen molar-refractivity contribution in [1.82, 2.24) is 19.9 Å². The largest absolute Gasteiger partial charge is 0.396 e. The summed E-state index contributed by atoms with van der Waals surface area (Å²) in [6, 6.07) is 0.540. The van der Waals surface area contributed by atoms with Gasteiger partial charge in [-0.1, -0.05) is 0 Å². The number of nitrogens with zero attached hydrogens (tertiary/aromatic N) is 4. The molecule has 2 aromatic rings. The zero-order chi connectivity index (χ0) is 12.4. The molecule has 2 N–H and O–H groups in total. The highest BCUT2D eigenvalue weighted by molar-refractivity contribution is 5.82. The molecule has 1 aliphatic carbocycles. The standard InChI is InChI=1S/C12H17N5O/c18-6-2-5-17(9-3-1-4-9)12-10-11(14-7-13-10)15-8-16-12/h7-9,18H,1-6H2,(H,13,14,15,16). The molecule has 1 aliphatic rings. The van der Waals surface area contributed by atoms with Crippen molar-refractivity contribution >= 4 is 17.0 Å². The molecule has 18 heavy (non-hydrogen) atoms. The fourth-order valence-electron chi connectivity index (χ4n) is 2.37. The molecule has 3 rings (SSSR count). The van der Waals surface area contributed by atoms with Gasteiger partial charge < -0.3 is 15.0 Å². The number of fused-ring (bicyclic) bond motifs is 1. The fraction of sp³-hybridized carbons (Fsp3) is 0.583. The van der Waals surface area contributed by atoms with Crippen LogP contribution < -0.4 is 4.90 Å². The molecular weight excluding hydrogens is 230 g/mol. The highest BCUT2D eigenvalue weighted by atomic mass is 16.3. The molecule has 0 unspecified atom stereocenters. The van der Waals surface area contributed by atoms with Crippen LogP contribution in [0.3, 0.4) is 0 Å². The summed E-state index contributed by atoms with van der Waals surface area (Å²) in [4.78, 5) is 18.1. The molecule has 1 fully saturated rings. The third-order valence-electron chi connectivity index (χ3n) is 3.55. The third-order valence-corrected chi connectivity index (χ3v) is 3.55. The summed E-state index contributed by atoms with van der Waals surface area (Å²) < 4.78 is 0. The fourth-order valence-corrected chi connectivity index (χ4v) is 2.37. The Balaban J connectivity index is 1.94. The molecule has 6 heteroatoms. The van der Waals surface area contributed by atoms with Crippen molar-refractivity contribution in [3.63, 3.8) is 0 Å². The lowest BCUT2D eigenvalue weighted by atomic mass is 9.91. The van der Waals surface area contributed by atoms with E-state index in [1.165, 1.54) is 19.3 Å². The summed E-state index contributed by atoms with van der Waals surface area (Å²) in [6.45, 7) is 1.03. The van der Waals surface area contributed by atoms with Gasteiger partial charge in [0, 0.05) is 19.2 Å². The summed E-state index contributed by atoms with van der Waals surface area (Å²) in [7, 11) is 0. The van der Waals surface area contributed by atoms with Crippen molar-refractivity contribution in [2.75, 3.05) is 18.1 Å². The van der Waals surface area contributed by atoms with Crippen LogP contribution in [0, 0.1) is 0 Å². The summed E-state index contributed by atoms with van der Waals surface area (Å²) >= 11 is 0. The predicted molar refractivity (Wildman–Crippen MR) is 68.4 cm³/mol. The second kappa shape index (κ2) is 4.89. The van der Waals surface area contributed by atoms with E-state index in [2.05, 4.69) is 24.8 Å². The van der Waals surface area contributed by atoms with Crippen molar-refractivity contribution < 1.29 is 5.11 Å². The molecule has 0 aliphatic heterocycles. The summed E-state index contributed by atoms with van der Waals surface area (Å²) in [5.41, 5.74) is 1.59. The highest BCUT2D eigenvalue weighted by Crippen LogP contribution is 2.31. The Morgan fingerprint density at radius 3 is 2.94 bits per heavy atom. The van der Waals surface area contributed by atoms with Crippen LogP contribution in [-0.2, 0) is 0 Å². The first kappa shape index (κ1) is 11.4. The molecule has 6 nitrogen and oxygen atoms in total. The number of hydrogen-bond acceptors (Lipinski definition) is 5. The number of nitrogens with one attached hydrogen (secondary N) is 1. The second-order valence-electron chi connectivity index (χ2n) is 4.65. The van der Waals surface area contributed by atoms with Crippen LogP contribution >= 0.6 is 0 Å². The van der Waals surface area contributed by atoms with E-state index >= 15 is 0 Å². The Kier molecular flexibility index (Phi) is 3.10. The SMILES string of the molecule is OCCCN(c1ncnc2nc[nH]c12)C1CCC1. The van der Waals surface area contributed by atoms with Crippen LogP contribution in [0.25, 0.3) is 11.2 Å². The molecule has 0 spiro atoms. The van der Waals surface area contributed by atoms with Gasteiger partial charge in [-0.2, -0.15) is 0 Å². The van der Waals surface area contributed by atoms with Gasteiger partial charge >= 0.3 is 0 Å². The first-order chi connectivity index (χ1) is 8.90. The van der Waals surface area contributed by atoms with Crippen LogP contribution in [0.2, 0.25) is 0 Å². The number of hydrogen-bond donors (Lipinski definition) is 2. The Hall–Kier alpha value is -1.69. The summed E-state index contributed by atoms with van der Waals surface area (Å²) in [5.74, 6) is 0.913. The Labute approximate surface area is 105 Å². The average molecular weight is 247 g/mol. The first-order valence-electron chi connectivity index (χ1n) is 6.41. The lowest BCUT2D eigenvalue weighted by molar-refractivity contribution is 0.282. The molecule has 0 radical (unpaired) electrons. The number of imidazole rings is 1. The smallest absolute Gasteiger partial charge is 0.182 e. The lowest BCUT2D eigenvalue weighted by Crippen LogP contribution is -2.41. The van der Waals surface area contributed by atoms with Crippen LogP contribution in [0.5, 0.6) is 0 Å². The van der Waals surface area contributed by atoms with E-state index in [1.807, 2.05) is 0 Å². The van der Waals surface area contributed by atoms with Crippen LogP contribution in [0.4, 0.5) is 5.82 Å². The number of H-pyrrole nitrogens is 1. The molecule has 96 valence electrons. The van der Waals surface area contributed by atoms with Crippen molar-refractivity contribution in [2.45, 2.75) is 31.7 Å². The molecule has 2 aromatic heterocycles. The maximum Gasteiger partial charge on any atom is 0.182 e. The van der Waals surface area contributed by atoms with Gasteiger partial charge in [-0.05, 0) is 25.7 Å². The minimum absolute atomic E-state index is 0.209. The topological polar surface area (TPSA) is 77.9 Å². The number of anilines is 1. The van der Waals surface area contributed by atoms with Crippen LogP contribution in [0.15, 0.2) is 12.7 Å². The number of rotatable bonds is 5. The summed E-state index contributed by atoms with van der Waals surface area (Å²) in [5, 5.41) is 9.03. The molecular formula is C12H17N5O. The number of aromatic amines is 1. The first-order valence-corrected chi connectivity index (χ1v) is 6.41. The van der Waals surface area contributed by atoms with Crippen molar-refractivity contribution in [3.05, 3.63) is 12.7 Å². The second-order valence-corrected chi connectivity index (χ2v) is 4.65. The van der Waals surface area contributed by atoms with Gasteiger partial charge in [0.25, 0.3) is 0 Å². The number of aromatic nitrogens is 4. The quantitative estimate of drug-likeness (QED) is 0.827. The van der Waals surface area contributed by atoms with Gasteiger partial charge in [0.1, 0.15) is 11.8 Å².